The smallest absolute Gasteiger partial charge is 0.293 e. The Bertz CT molecular complexity index is 960. The maximum absolute atomic E-state index is 13.0. The monoisotopic (exact) mass is 465 g/mol. The first-order chi connectivity index (χ1) is 14.4. The van der Waals surface area contributed by atoms with Crippen molar-refractivity contribution in [3.05, 3.63) is 56.6 Å². The largest absolute Gasteiger partial charge is 0.354 e. The number of thiazole rings is 1. The number of aryl methyl sites for hydroxylation is 1. The van der Waals surface area contributed by atoms with Crippen LogP contribution in [-0.2, 0) is 15.3 Å². The van der Waals surface area contributed by atoms with Crippen LogP contribution in [0.3, 0.4) is 0 Å². The minimum atomic E-state index is -0.405. The van der Waals surface area contributed by atoms with Crippen LogP contribution in [0.2, 0.25) is 0 Å². The third-order valence-corrected chi connectivity index (χ3v) is 6.81. The third kappa shape index (κ3) is 6.41. The summed E-state index contributed by atoms with van der Waals surface area (Å²) in [6.45, 7) is 2.28. The Morgan fingerprint density at radius 3 is 2.77 bits per heavy atom. The second kappa shape index (κ2) is 10.7. The molecule has 1 fully saturated rings. The van der Waals surface area contributed by atoms with Crippen molar-refractivity contribution < 1.29 is 18.8 Å². The zero-order valence-electron chi connectivity index (χ0n) is 16.2. The van der Waals surface area contributed by atoms with Gasteiger partial charge in [-0.15, -0.1) is 11.3 Å². The van der Waals surface area contributed by atoms with E-state index in [1.165, 1.54) is 24.3 Å². The van der Waals surface area contributed by atoms with Crippen LogP contribution in [0.25, 0.3) is 6.08 Å². The molecule has 30 heavy (non-hydrogen) atoms. The predicted octanol–water partition coefficient (Wildman–Crippen LogP) is 4.07. The molecule has 3 amide bonds. The summed E-state index contributed by atoms with van der Waals surface area (Å²) in [5, 5.41) is 5.41. The van der Waals surface area contributed by atoms with Gasteiger partial charge in [0.25, 0.3) is 11.1 Å². The van der Waals surface area contributed by atoms with Crippen LogP contribution in [0.1, 0.15) is 22.7 Å². The Labute approximate surface area is 186 Å². The van der Waals surface area contributed by atoms with Gasteiger partial charge in [0.2, 0.25) is 5.91 Å². The number of aromatic nitrogens is 1. The van der Waals surface area contributed by atoms with E-state index in [0.717, 1.165) is 33.1 Å². The van der Waals surface area contributed by atoms with Crippen molar-refractivity contribution in [2.24, 2.45) is 0 Å². The molecule has 1 saturated heterocycles. The molecule has 0 saturated carbocycles. The van der Waals surface area contributed by atoms with Crippen molar-refractivity contribution in [2.45, 2.75) is 19.1 Å². The number of halogens is 1. The molecule has 0 bridgehead atoms. The van der Waals surface area contributed by atoms with Gasteiger partial charge in [-0.2, -0.15) is 11.8 Å². The van der Waals surface area contributed by atoms with Crippen molar-refractivity contribution in [3.63, 3.8) is 0 Å². The Morgan fingerprint density at radius 2 is 2.07 bits per heavy atom. The van der Waals surface area contributed by atoms with Crippen LogP contribution >= 0.6 is 34.9 Å². The van der Waals surface area contributed by atoms with Gasteiger partial charge in [-0.25, -0.2) is 9.37 Å². The number of carbonyl (C=O) groups excluding carboxylic acids is 3. The molecule has 1 aliphatic heterocycles. The fourth-order valence-electron chi connectivity index (χ4n) is 2.61. The average molecular weight is 466 g/mol. The molecule has 1 N–H and O–H groups in total. The summed E-state index contributed by atoms with van der Waals surface area (Å²) in [6, 6.07) is 5.66. The highest BCUT2D eigenvalue weighted by molar-refractivity contribution is 8.18. The lowest BCUT2D eigenvalue weighted by Gasteiger charge is -2.12. The van der Waals surface area contributed by atoms with Gasteiger partial charge in [0, 0.05) is 36.4 Å². The molecule has 1 aromatic carbocycles. The van der Waals surface area contributed by atoms with Gasteiger partial charge in [0.05, 0.1) is 15.6 Å². The molecule has 2 heterocycles. The maximum Gasteiger partial charge on any atom is 0.293 e. The molecule has 10 heteroatoms. The number of nitrogens with one attached hydrogen (secondary N) is 1. The van der Waals surface area contributed by atoms with Crippen molar-refractivity contribution >= 4 is 58.0 Å². The van der Waals surface area contributed by atoms with Gasteiger partial charge in [0.15, 0.2) is 0 Å². The number of hydrogen-bond donors (Lipinski definition) is 1. The normalized spacial score (nSPS) is 15.3. The molecule has 1 aromatic heterocycles. The number of rotatable bonds is 9. The van der Waals surface area contributed by atoms with Crippen molar-refractivity contribution in [1.29, 1.82) is 0 Å². The highest BCUT2D eigenvalue weighted by Crippen LogP contribution is 2.31. The minimum Gasteiger partial charge on any atom is -0.354 e. The van der Waals surface area contributed by atoms with Crippen LogP contribution in [0.5, 0.6) is 0 Å². The van der Waals surface area contributed by atoms with E-state index in [9.17, 15) is 18.8 Å². The van der Waals surface area contributed by atoms with Crippen LogP contribution in [0.4, 0.5) is 9.18 Å². The zero-order chi connectivity index (χ0) is 21.5. The van der Waals surface area contributed by atoms with Crippen LogP contribution in [0, 0.1) is 12.7 Å². The predicted molar refractivity (Wildman–Crippen MR) is 120 cm³/mol. The molecule has 0 spiro atoms. The molecular formula is C20H20FN3O3S3. The average Bonchev–Trinajstić information content (AvgIpc) is 3.24. The number of amides is 3. The lowest BCUT2D eigenvalue weighted by Crippen LogP contribution is -2.37. The summed E-state index contributed by atoms with van der Waals surface area (Å²) in [5.74, 6) is 0.551. The Morgan fingerprint density at radius 1 is 1.30 bits per heavy atom. The van der Waals surface area contributed by atoms with Crippen LogP contribution in [0.15, 0.2) is 34.6 Å². The summed E-state index contributed by atoms with van der Waals surface area (Å²) < 4.78 is 13.0. The highest BCUT2D eigenvalue weighted by Gasteiger charge is 2.34. The van der Waals surface area contributed by atoms with Gasteiger partial charge in [-0.3, -0.25) is 19.3 Å². The lowest BCUT2D eigenvalue weighted by molar-refractivity contribution is -0.124. The van der Waals surface area contributed by atoms with Crippen molar-refractivity contribution in [1.82, 2.24) is 15.2 Å². The zero-order valence-corrected chi connectivity index (χ0v) is 18.7. The molecular weight excluding hydrogens is 445 g/mol. The Hall–Kier alpha value is -2.17. The van der Waals surface area contributed by atoms with Gasteiger partial charge >= 0.3 is 0 Å². The second-order valence-electron chi connectivity index (χ2n) is 6.40. The van der Waals surface area contributed by atoms with E-state index in [0.29, 0.717) is 17.7 Å². The number of imide groups is 1. The van der Waals surface area contributed by atoms with Crippen LogP contribution < -0.4 is 5.32 Å². The molecule has 0 unspecified atom stereocenters. The Kier molecular flexibility index (Phi) is 8.06. The number of nitrogens with zero attached hydrogens (tertiary/aromatic N) is 2. The molecule has 0 aliphatic carbocycles. The van der Waals surface area contributed by atoms with E-state index < -0.39 is 5.91 Å². The summed E-state index contributed by atoms with van der Waals surface area (Å²) >= 11 is 4.09. The van der Waals surface area contributed by atoms with Gasteiger partial charge in [-0.05, 0) is 42.5 Å². The molecule has 3 rings (SSSR count). The number of thioether (sulfide) groups is 2. The third-order valence-electron chi connectivity index (χ3n) is 4.09. The van der Waals surface area contributed by atoms with Gasteiger partial charge in [-0.1, -0.05) is 12.1 Å². The summed E-state index contributed by atoms with van der Waals surface area (Å²) in [4.78, 5) is 42.3. The maximum atomic E-state index is 13.0. The van der Waals surface area contributed by atoms with Crippen molar-refractivity contribution in [3.8, 4) is 0 Å². The van der Waals surface area contributed by atoms with E-state index in [-0.39, 0.29) is 35.0 Å². The Balaban J connectivity index is 1.38. The summed E-state index contributed by atoms with van der Waals surface area (Å²) in [7, 11) is 0. The summed E-state index contributed by atoms with van der Waals surface area (Å²) in [6.07, 6.45) is 1.92. The lowest BCUT2D eigenvalue weighted by atomic mass is 10.2. The fourth-order valence-corrected chi connectivity index (χ4v) is 5.03. The van der Waals surface area contributed by atoms with E-state index in [1.54, 1.807) is 29.2 Å². The van der Waals surface area contributed by atoms with E-state index in [2.05, 4.69) is 10.3 Å². The number of benzene rings is 1. The molecule has 6 nitrogen and oxygen atoms in total. The molecule has 2 aromatic rings. The van der Waals surface area contributed by atoms with Gasteiger partial charge in [0.1, 0.15) is 5.82 Å². The number of hydrogen-bond acceptors (Lipinski definition) is 7. The topological polar surface area (TPSA) is 79.4 Å². The molecule has 0 atom stereocenters. The molecule has 0 radical (unpaired) electrons. The molecule has 158 valence electrons. The quantitative estimate of drug-likeness (QED) is 0.444. The first-order valence-corrected chi connectivity index (χ1v) is 12.0. The van der Waals surface area contributed by atoms with Crippen molar-refractivity contribution in [2.75, 3.05) is 18.8 Å². The first kappa shape index (κ1) is 22.5. The minimum absolute atomic E-state index is 0.113. The first-order valence-electron chi connectivity index (χ1n) is 9.19. The summed E-state index contributed by atoms with van der Waals surface area (Å²) in [5.41, 5.74) is 1.66. The van der Waals surface area contributed by atoms with Gasteiger partial charge < -0.3 is 5.32 Å². The number of carbonyl (C=O) groups is 3. The highest BCUT2D eigenvalue weighted by atomic mass is 32.2. The second-order valence-corrected chi connectivity index (χ2v) is 9.56. The SMILES string of the molecule is Cc1nc(CSCCC(=O)NCCN2C(=O)S/C(=C\c3ccc(F)cc3)C2=O)cs1. The molecule has 1 aliphatic rings. The van der Waals surface area contributed by atoms with E-state index >= 15 is 0 Å². The van der Waals surface area contributed by atoms with E-state index in [4.69, 9.17) is 0 Å². The van der Waals surface area contributed by atoms with E-state index in [1.807, 2.05) is 12.3 Å². The standard InChI is InChI=1S/C20H20FN3O3S3/c1-13-23-16(12-29-13)11-28-9-6-18(25)22-7-8-24-19(26)17(30-20(24)27)10-14-2-4-15(21)5-3-14/h2-5,10,12H,6-9,11H2,1H3,(H,22,25)/b17-10-. The van der Waals surface area contributed by atoms with Crippen LogP contribution in [-0.4, -0.2) is 45.8 Å². The fraction of sp³-hybridized carbons (Fsp3) is 0.300.